The van der Waals surface area contributed by atoms with Crippen molar-refractivity contribution in [2.24, 2.45) is 5.73 Å². The van der Waals surface area contributed by atoms with Crippen LogP contribution in [-0.4, -0.2) is 55.2 Å². The van der Waals surface area contributed by atoms with E-state index in [4.69, 9.17) is 10.5 Å². The van der Waals surface area contributed by atoms with Crippen molar-refractivity contribution in [2.75, 3.05) is 26.7 Å². The maximum absolute atomic E-state index is 11.6. The van der Waals surface area contributed by atoms with Crippen LogP contribution in [0.25, 0.3) is 0 Å². The highest BCUT2D eigenvalue weighted by Gasteiger charge is 2.36. The molecule has 2 atom stereocenters. The minimum atomic E-state index is -0.245. The lowest BCUT2D eigenvalue weighted by Crippen LogP contribution is -2.59. The number of carbonyl (C=O) groups excluding carboxylic acids is 1. The Hall–Kier alpha value is -0.650. The third-order valence-electron chi connectivity index (χ3n) is 2.94. The van der Waals surface area contributed by atoms with Gasteiger partial charge in [-0.15, -0.1) is 0 Å². The molecule has 0 saturated carbocycles. The number of amides is 1. The van der Waals surface area contributed by atoms with Gasteiger partial charge in [0, 0.05) is 26.7 Å². The molecule has 0 aromatic rings. The normalized spacial score (nSPS) is 27.4. The second-order valence-corrected chi connectivity index (χ2v) is 4.95. The average Bonchev–Trinajstić information content (AvgIpc) is 2.24. The number of nitrogens with one attached hydrogen (secondary N) is 1. The van der Waals surface area contributed by atoms with Gasteiger partial charge in [0.1, 0.15) is 0 Å². The maximum Gasteiger partial charge on any atom is 0.236 e. The third-order valence-corrected chi connectivity index (χ3v) is 2.94. The average molecular weight is 229 g/mol. The zero-order valence-electron chi connectivity index (χ0n) is 10.6. The molecule has 16 heavy (non-hydrogen) atoms. The highest BCUT2D eigenvalue weighted by Crippen LogP contribution is 2.22. The third kappa shape index (κ3) is 3.17. The van der Waals surface area contributed by atoms with Crippen molar-refractivity contribution in [2.45, 2.75) is 38.5 Å². The predicted octanol–water partition coefficient (Wildman–Crippen LogP) is -0.441. The van der Waals surface area contributed by atoms with Crippen LogP contribution in [0.5, 0.6) is 0 Å². The number of likely N-dealkylation sites (N-methyl/N-ethyl adjacent to an activating group) is 1. The van der Waals surface area contributed by atoms with Crippen molar-refractivity contribution < 1.29 is 9.53 Å². The first-order valence-electron chi connectivity index (χ1n) is 5.73. The summed E-state index contributed by atoms with van der Waals surface area (Å²) in [4.78, 5) is 13.7. The quantitative estimate of drug-likeness (QED) is 0.688. The van der Waals surface area contributed by atoms with Crippen LogP contribution >= 0.6 is 0 Å². The van der Waals surface area contributed by atoms with Gasteiger partial charge >= 0.3 is 0 Å². The van der Waals surface area contributed by atoms with E-state index in [1.54, 1.807) is 7.05 Å². The van der Waals surface area contributed by atoms with Crippen molar-refractivity contribution in [3.8, 4) is 0 Å². The number of hydrogen-bond acceptors (Lipinski definition) is 4. The summed E-state index contributed by atoms with van der Waals surface area (Å²) in [7, 11) is 1.66. The van der Waals surface area contributed by atoms with E-state index in [-0.39, 0.29) is 23.7 Å². The second-order valence-electron chi connectivity index (χ2n) is 4.95. The summed E-state index contributed by atoms with van der Waals surface area (Å²) >= 11 is 0. The summed E-state index contributed by atoms with van der Waals surface area (Å²) in [5.74, 6) is 0.0356. The lowest BCUT2D eigenvalue weighted by Gasteiger charge is -2.44. The Balaban J connectivity index is 2.69. The molecule has 0 spiro atoms. The molecule has 1 saturated heterocycles. The highest BCUT2D eigenvalue weighted by molar-refractivity contribution is 5.80. The Kier molecular flexibility index (Phi) is 4.29. The number of ether oxygens (including phenoxy) is 1. The Bertz CT molecular complexity index is 256. The SMILES string of the molecule is CNC(=O)C(C)N1CC(CN)OC(C)(C)C1. The summed E-state index contributed by atoms with van der Waals surface area (Å²) in [5, 5.41) is 2.67. The first-order chi connectivity index (χ1) is 7.39. The van der Waals surface area contributed by atoms with Crippen molar-refractivity contribution in [3.05, 3.63) is 0 Å². The lowest BCUT2D eigenvalue weighted by atomic mass is 10.0. The molecule has 1 amide bonds. The molecule has 0 aromatic heterocycles. The van der Waals surface area contributed by atoms with E-state index in [0.29, 0.717) is 13.1 Å². The summed E-state index contributed by atoms with van der Waals surface area (Å²) in [6.45, 7) is 7.91. The van der Waals surface area contributed by atoms with Gasteiger partial charge in [-0.1, -0.05) is 0 Å². The van der Waals surface area contributed by atoms with Crippen LogP contribution in [0.4, 0.5) is 0 Å². The van der Waals surface area contributed by atoms with Crippen LogP contribution in [0.2, 0.25) is 0 Å². The molecule has 0 bridgehead atoms. The molecule has 3 N–H and O–H groups in total. The fourth-order valence-corrected chi connectivity index (χ4v) is 2.13. The fraction of sp³-hybridized carbons (Fsp3) is 0.909. The molecule has 0 radical (unpaired) electrons. The topological polar surface area (TPSA) is 67.6 Å². The Morgan fingerprint density at radius 3 is 2.81 bits per heavy atom. The van der Waals surface area contributed by atoms with E-state index < -0.39 is 0 Å². The van der Waals surface area contributed by atoms with Crippen molar-refractivity contribution in [1.82, 2.24) is 10.2 Å². The monoisotopic (exact) mass is 229 g/mol. The van der Waals surface area contributed by atoms with Gasteiger partial charge in [-0.05, 0) is 20.8 Å². The van der Waals surface area contributed by atoms with Crippen molar-refractivity contribution >= 4 is 5.91 Å². The fourth-order valence-electron chi connectivity index (χ4n) is 2.13. The number of rotatable bonds is 3. The molecule has 1 aliphatic rings. The van der Waals surface area contributed by atoms with Crippen LogP contribution in [0, 0.1) is 0 Å². The van der Waals surface area contributed by atoms with Crippen LogP contribution in [0.3, 0.4) is 0 Å². The molecule has 1 rings (SSSR count). The standard InChI is InChI=1S/C11H23N3O2/c1-8(10(15)13-4)14-6-9(5-12)16-11(2,3)7-14/h8-9H,5-7,12H2,1-4H3,(H,13,15). The van der Waals surface area contributed by atoms with Crippen LogP contribution < -0.4 is 11.1 Å². The van der Waals surface area contributed by atoms with E-state index in [0.717, 1.165) is 6.54 Å². The smallest absolute Gasteiger partial charge is 0.236 e. The molecule has 1 aliphatic heterocycles. The molecular formula is C11H23N3O2. The van der Waals surface area contributed by atoms with Crippen LogP contribution in [-0.2, 0) is 9.53 Å². The molecule has 0 aromatic carbocycles. The van der Waals surface area contributed by atoms with Gasteiger partial charge in [-0.3, -0.25) is 9.69 Å². The molecule has 1 heterocycles. The van der Waals surface area contributed by atoms with Gasteiger partial charge in [-0.25, -0.2) is 0 Å². The molecule has 2 unspecified atom stereocenters. The van der Waals surface area contributed by atoms with E-state index in [2.05, 4.69) is 10.2 Å². The number of hydrogen-bond donors (Lipinski definition) is 2. The maximum atomic E-state index is 11.6. The molecular weight excluding hydrogens is 206 g/mol. The molecule has 5 nitrogen and oxygen atoms in total. The number of carbonyl (C=O) groups is 1. The Morgan fingerprint density at radius 2 is 2.31 bits per heavy atom. The number of nitrogens with two attached hydrogens (primary N) is 1. The zero-order valence-corrected chi connectivity index (χ0v) is 10.6. The largest absolute Gasteiger partial charge is 0.368 e. The van der Waals surface area contributed by atoms with Gasteiger partial charge in [0.25, 0.3) is 0 Å². The predicted molar refractivity (Wildman–Crippen MR) is 63.1 cm³/mol. The summed E-state index contributed by atoms with van der Waals surface area (Å²) in [6, 6.07) is -0.137. The minimum Gasteiger partial charge on any atom is -0.368 e. The van der Waals surface area contributed by atoms with Crippen molar-refractivity contribution in [1.29, 1.82) is 0 Å². The highest BCUT2D eigenvalue weighted by atomic mass is 16.5. The van der Waals surface area contributed by atoms with E-state index >= 15 is 0 Å². The number of morpholine rings is 1. The first-order valence-corrected chi connectivity index (χ1v) is 5.73. The van der Waals surface area contributed by atoms with Gasteiger partial charge in [0.05, 0.1) is 17.7 Å². The van der Waals surface area contributed by atoms with Crippen molar-refractivity contribution in [3.63, 3.8) is 0 Å². The summed E-state index contributed by atoms with van der Waals surface area (Å²) in [5.41, 5.74) is 5.40. The van der Waals surface area contributed by atoms with E-state index in [1.165, 1.54) is 0 Å². The lowest BCUT2D eigenvalue weighted by molar-refractivity contribution is -0.149. The first kappa shape index (κ1) is 13.4. The van der Waals surface area contributed by atoms with E-state index in [1.807, 2.05) is 20.8 Å². The van der Waals surface area contributed by atoms with Gasteiger partial charge < -0.3 is 15.8 Å². The molecule has 94 valence electrons. The van der Waals surface area contributed by atoms with Gasteiger partial charge in [-0.2, -0.15) is 0 Å². The minimum absolute atomic E-state index is 0.0101. The van der Waals surface area contributed by atoms with Crippen LogP contribution in [0.15, 0.2) is 0 Å². The second kappa shape index (κ2) is 5.12. The van der Waals surface area contributed by atoms with Crippen LogP contribution in [0.1, 0.15) is 20.8 Å². The van der Waals surface area contributed by atoms with Gasteiger partial charge in [0.15, 0.2) is 0 Å². The molecule has 0 aliphatic carbocycles. The number of nitrogens with zero attached hydrogens (tertiary/aromatic N) is 1. The van der Waals surface area contributed by atoms with E-state index in [9.17, 15) is 4.79 Å². The Morgan fingerprint density at radius 1 is 1.69 bits per heavy atom. The summed E-state index contributed by atoms with van der Waals surface area (Å²) < 4.78 is 5.82. The zero-order chi connectivity index (χ0) is 12.3. The molecule has 5 heteroatoms. The molecule has 1 fully saturated rings. The summed E-state index contributed by atoms with van der Waals surface area (Å²) in [6.07, 6.45) is 0.0101. The van der Waals surface area contributed by atoms with Gasteiger partial charge in [0.2, 0.25) is 5.91 Å². The Labute approximate surface area is 97.3 Å².